The molecule has 1 fully saturated rings. The molecule has 1 heterocycles. The summed E-state index contributed by atoms with van der Waals surface area (Å²) in [6.45, 7) is 1.08. The molecule has 0 saturated carbocycles. The number of halogens is 1. The summed E-state index contributed by atoms with van der Waals surface area (Å²) in [4.78, 5) is 11.6. The number of hydrogen-bond donors (Lipinski definition) is 1. The highest BCUT2D eigenvalue weighted by molar-refractivity contribution is 14.1. The van der Waals surface area contributed by atoms with Gasteiger partial charge in [0.2, 0.25) is 10.0 Å². The summed E-state index contributed by atoms with van der Waals surface area (Å²) < 4.78 is 31.0. The number of nitrogens with one attached hydrogen (secondary N) is 1. The van der Waals surface area contributed by atoms with E-state index in [0.29, 0.717) is 31.8 Å². The second-order valence-electron chi connectivity index (χ2n) is 4.66. The Labute approximate surface area is 138 Å². The Bertz CT molecular complexity index is 589. The van der Waals surface area contributed by atoms with Crippen LogP contribution in [0.1, 0.15) is 6.42 Å². The summed E-state index contributed by atoms with van der Waals surface area (Å²) in [6, 6.07) is 7.38. The van der Waals surface area contributed by atoms with Gasteiger partial charge >= 0.3 is 0 Å². The van der Waals surface area contributed by atoms with E-state index in [9.17, 15) is 13.2 Å². The van der Waals surface area contributed by atoms with Gasteiger partial charge in [0.05, 0.1) is 5.75 Å². The molecule has 1 N–H and O–H groups in total. The summed E-state index contributed by atoms with van der Waals surface area (Å²) in [6.07, 6.45) is 0.659. The van der Waals surface area contributed by atoms with Crippen molar-refractivity contribution < 1.29 is 17.9 Å². The molecule has 21 heavy (non-hydrogen) atoms. The van der Waals surface area contributed by atoms with Crippen LogP contribution in [0.25, 0.3) is 0 Å². The van der Waals surface area contributed by atoms with E-state index in [0.717, 1.165) is 3.57 Å². The Balaban J connectivity index is 1.67. The van der Waals surface area contributed by atoms with Crippen molar-refractivity contribution >= 4 is 38.5 Å². The minimum Gasteiger partial charge on any atom is -0.484 e. The smallest absolute Gasteiger partial charge is 0.257 e. The average Bonchev–Trinajstić information content (AvgIpc) is 2.77. The van der Waals surface area contributed by atoms with Crippen LogP contribution in [-0.2, 0) is 14.8 Å². The number of rotatable bonds is 6. The fraction of sp³-hybridized carbons (Fsp3) is 0.462. The van der Waals surface area contributed by atoms with Crippen molar-refractivity contribution in [2.75, 3.05) is 32.0 Å². The van der Waals surface area contributed by atoms with Crippen LogP contribution in [0.3, 0.4) is 0 Å². The van der Waals surface area contributed by atoms with E-state index in [4.69, 9.17) is 4.74 Å². The number of hydrogen-bond acceptors (Lipinski definition) is 4. The highest BCUT2D eigenvalue weighted by Gasteiger charge is 2.27. The van der Waals surface area contributed by atoms with Gasteiger partial charge in [0, 0.05) is 23.2 Å². The molecule has 0 aromatic heterocycles. The number of benzene rings is 1. The molecule has 0 aliphatic carbocycles. The summed E-state index contributed by atoms with van der Waals surface area (Å²) in [5.41, 5.74) is 0. The van der Waals surface area contributed by atoms with Crippen LogP contribution in [0.15, 0.2) is 24.3 Å². The summed E-state index contributed by atoms with van der Waals surface area (Å²) >= 11 is 2.19. The predicted octanol–water partition coefficient (Wildman–Crippen LogP) is 0.822. The second kappa shape index (κ2) is 7.41. The van der Waals surface area contributed by atoms with E-state index in [2.05, 4.69) is 27.9 Å². The average molecular weight is 424 g/mol. The summed E-state index contributed by atoms with van der Waals surface area (Å²) in [5, 5.41) is 2.66. The van der Waals surface area contributed by atoms with Crippen LogP contribution in [0, 0.1) is 3.57 Å². The molecule has 0 spiro atoms. The van der Waals surface area contributed by atoms with Gasteiger partial charge in [-0.05, 0) is 53.3 Å². The molecule has 116 valence electrons. The van der Waals surface area contributed by atoms with Crippen LogP contribution in [0.4, 0.5) is 0 Å². The lowest BCUT2D eigenvalue weighted by Gasteiger charge is -2.14. The molecule has 8 heteroatoms. The zero-order valence-electron chi connectivity index (χ0n) is 11.4. The van der Waals surface area contributed by atoms with Gasteiger partial charge in [-0.1, -0.05) is 0 Å². The van der Waals surface area contributed by atoms with Crippen molar-refractivity contribution in [3.8, 4) is 5.75 Å². The standard InChI is InChI=1S/C13H17IN2O4S/c14-11-2-4-12(5-3-11)20-10-13(17)15-6-8-16-7-1-9-21(16,18)19/h2-5H,1,6-10H2,(H,15,17). The van der Waals surface area contributed by atoms with Crippen LogP contribution in [0.5, 0.6) is 5.75 Å². The highest BCUT2D eigenvalue weighted by atomic mass is 127. The first-order valence-corrected chi connectivity index (χ1v) is 9.29. The zero-order valence-corrected chi connectivity index (χ0v) is 14.4. The van der Waals surface area contributed by atoms with Gasteiger partial charge in [-0.3, -0.25) is 4.79 Å². The van der Waals surface area contributed by atoms with E-state index in [1.54, 1.807) is 12.1 Å². The number of carbonyl (C=O) groups excluding carboxylic acids is 1. The van der Waals surface area contributed by atoms with Crippen molar-refractivity contribution in [2.24, 2.45) is 0 Å². The largest absolute Gasteiger partial charge is 0.484 e. The summed E-state index contributed by atoms with van der Waals surface area (Å²) in [7, 11) is -3.09. The molecule has 1 aromatic carbocycles. The third-order valence-corrected chi connectivity index (χ3v) is 5.75. The van der Waals surface area contributed by atoms with Gasteiger partial charge in [-0.15, -0.1) is 0 Å². The third-order valence-electron chi connectivity index (χ3n) is 3.07. The number of carbonyl (C=O) groups is 1. The van der Waals surface area contributed by atoms with Crippen molar-refractivity contribution in [1.82, 2.24) is 9.62 Å². The van der Waals surface area contributed by atoms with Crippen molar-refractivity contribution in [3.05, 3.63) is 27.8 Å². The minimum absolute atomic E-state index is 0.0760. The maximum Gasteiger partial charge on any atom is 0.257 e. The quantitative estimate of drug-likeness (QED) is 0.687. The molecule has 0 radical (unpaired) electrons. The van der Waals surface area contributed by atoms with Crippen LogP contribution in [-0.4, -0.2) is 50.6 Å². The van der Waals surface area contributed by atoms with Gasteiger partial charge in [-0.25, -0.2) is 12.7 Å². The fourth-order valence-electron chi connectivity index (χ4n) is 1.99. The Morgan fingerprint density at radius 1 is 1.33 bits per heavy atom. The van der Waals surface area contributed by atoms with Crippen LogP contribution in [0.2, 0.25) is 0 Å². The molecule has 1 aliphatic heterocycles. The molecule has 0 atom stereocenters. The molecule has 1 aliphatic rings. The lowest BCUT2D eigenvalue weighted by molar-refractivity contribution is -0.123. The van der Waals surface area contributed by atoms with Crippen molar-refractivity contribution in [3.63, 3.8) is 0 Å². The first-order valence-electron chi connectivity index (χ1n) is 6.60. The van der Waals surface area contributed by atoms with E-state index in [1.807, 2.05) is 12.1 Å². The normalized spacial score (nSPS) is 17.6. The van der Waals surface area contributed by atoms with Gasteiger partial charge in [0.1, 0.15) is 5.75 Å². The topological polar surface area (TPSA) is 75.7 Å². The predicted molar refractivity (Wildman–Crippen MR) is 87.6 cm³/mol. The Kier molecular flexibility index (Phi) is 5.82. The minimum atomic E-state index is -3.09. The van der Waals surface area contributed by atoms with Crippen LogP contribution >= 0.6 is 22.6 Å². The first-order chi connectivity index (χ1) is 9.97. The third kappa shape index (κ3) is 5.11. The molecular weight excluding hydrogens is 407 g/mol. The molecule has 1 saturated heterocycles. The molecule has 6 nitrogen and oxygen atoms in total. The maximum absolute atomic E-state index is 11.6. The van der Waals surface area contributed by atoms with Gasteiger partial charge in [-0.2, -0.15) is 0 Å². The molecule has 2 rings (SSSR count). The number of nitrogens with zero attached hydrogens (tertiary/aromatic N) is 1. The van der Waals surface area contributed by atoms with Gasteiger partial charge < -0.3 is 10.1 Å². The van der Waals surface area contributed by atoms with E-state index < -0.39 is 10.0 Å². The monoisotopic (exact) mass is 424 g/mol. The number of ether oxygens (including phenoxy) is 1. The van der Waals surface area contributed by atoms with E-state index in [1.165, 1.54) is 4.31 Å². The van der Waals surface area contributed by atoms with Crippen molar-refractivity contribution in [2.45, 2.75) is 6.42 Å². The van der Waals surface area contributed by atoms with Crippen LogP contribution < -0.4 is 10.1 Å². The molecule has 1 aromatic rings. The van der Waals surface area contributed by atoms with Gasteiger partial charge in [0.25, 0.3) is 5.91 Å². The van der Waals surface area contributed by atoms with E-state index >= 15 is 0 Å². The molecule has 0 unspecified atom stereocenters. The maximum atomic E-state index is 11.6. The fourth-order valence-corrected chi connectivity index (χ4v) is 3.88. The zero-order chi connectivity index (χ0) is 15.3. The Hall–Kier alpha value is -0.870. The Morgan fingerprint density at radius 2 is 2.05 bits per heavy atom. The lowest BCUT2D eigenvalue weighted by atomic mass is 10.3. The molecular formula is C13H17IN2O4S. The number of amides is 1. The SMILES string of the molecule is O=C(COc1ccc(I)cc1)NCCN1CCCS1(=O)=O. The first kappa shape index (κ1) is 16.5. The van der Waals surface area contributed by atoms with Gasteiger partial charge in [0.15, 0.2) is 6.61 Å². The van der Waals surface area contributed by atoms with E-state index in [-0.39, 0.29) is 18.3 Å². The molecule has 1 amide bonds. The Morgan fingerprint density at radius 3 is 2.67 bits per heavy atom. The summed E-state index contributed by atoms with van der Waals surface area (Å²) in [5.74, 6) is 0.578. The molecule has 0 bridgehead atoms. The lowest BCUT2D eigenvalue weighted by Crippen LogP contribution is -2.37. The number of sulfonamides is 1. The second-order valence-corrected chi connectivity index (χ2v) is 8.00. The van der Waals surface area contributed by atoms with Crippen molar-refractivity contribution in [1.29, 1.82) is 0 Å². The highest BCUT2D eigenvalue weighted by Crippen LogP contribution is 2.13.